The minimum absolute atomic E-state index is 0.219. The van der Waals surface area contributed by atoms with Gasteiger partial charge in [-0.25, -0.2) is 0 Å². The second-order valence-corrected chi connectivity index (χ2v) is 11.0. The maximum atomic E-state index is 13.0. The molecule has 0 heterocycles. The number of hydrogen-bond donors (Lipinski definition) is 2. The van der Waals surface area contributed by atoms with E-state index in [9.17, 15) is 9.59 Å². The molecule has 3 aromatic carbocycles. The average molecular weight is 557 g/mol. The zero-order chi connectivity index (χ0) is 24.8. The highest BCUT2D eigenvalue weighted by molar-refractivity contribution is 6.53. The van der Waals surface area contributed by atoms with Crippen molar-refractivity contribution in [2.45, 2.75) is 24.1 Å². The molecule has 176 valence electrons. The van der Waals surface area contributed by atoms with E-state index in [1.165, 1.54) is 6.07 Å². The Labute approximate surface area is 222 Å². The van der Waals surface area contributed by atoms with E-state index in [1.807, 2.05) is 32.0 Å². The molecule has 34 heavy (non-hydrogen) atoms. The molecule has 9 heteroatoms. The Morgan fingerprint density at radius 1 is 0.853 bits per heavy atom. The second kappa shape index (κ2) is 9.60. The number of halogens is 5. The molecular formula is C25H19Cl5N2O2. The van der Waals surface area contributed by atoms with Crippen LogP contribution in [0.4, 0.5) is 11.4 Å². The number of anilines is 2. The van der Waals surface area contributed by atoms with Gasteiger partial charge in [-0.05, 0) is 67.4 Å². The second-order valence-electron chi connectivity index (χ2n) is 8.29. The van der Waals surface area contributed by atoms with Gasteiger partial charge in [-0.1, -0.05) is 52.5 Å². The number of carbonyl (C=O) groups is 2. The highest BCUT2D eigenvalue weighted by atomic mass is 35.5. The first kappa shape index (κ1) is 25.2. The maximum Gasteiger partial charge on any atom is 0.257 e. The van der Waals surface area contributed by atoms with Gasteiger partial charge in [0.2, 0.25) is 5.91 Å². The van der Waals surface area contributed by atoms with Gasteiger partial charge in [0.15, 0.2) is 0 Å². The molecule has 0 radical (unpaired) electrons. The van der Waals surface area contributed by atoms with E-state index in [0.717, 1.165) is 11.1 Å². The van der Waals surface area contributed by atoms with E-state index in [1.54, 1.807) is 30.3 Å². The Hall–Kier alpha value is -1.95. The Bertz CT molecular complexity index is 1290. The largest absolute Gasteiger partial charge is 0.326 e. The van der Waals surface area contributed by atoms with Gasteiger partial charge in [0, 0.05) is 27.3 Å². The maximum absolute atomic E-state index is 13.0. The third kappa shape index (κ3) is 5.17. The normalized spacial score (nSPS) is 18.3. The van der Waals surface area contributed by atoms with Crippen LogP contribution in [0.25, 0.3) is 0 Å². The Morgan fingerprint density at radius 2 is 1.53 bits per heavy atom. The van der Waals surface area contributed by atoms with Crippen LogP contribution >= 0.6 is 58.0 Å². The van der Waals surface area contributed by atoms with Gasteiger partial charge in [0.1, 0.15) is 4.33 Å². The predicted molar refractivity (Wildman–Crippen MR) is 141 cm³/mol. The van der Waals surface area contributed by atoms with Crippen LogP contribution in [0.3, 0.4) is 0 Å². The summed E-state index contributed by atoms with van der Waals surface area (Å²) >= 11 is 31.3. The molecule has 4 rings (SSSR count). The number of benzene rings is 3. The van der Waals surface area contributed by atoms with E-state index in [-0.39, 0.29) is 10.6 Å². The zero-order valence-electron chi connectivity index (χ0n) is 18.1. The van der Waals surface area contributed by atoms with Gasteiger partial charge in [0.05, 0.1) is 16.5 Å². The van der Waals surface area contributed by atoms with Crippen molar-refractivity contribution in [3.05, 3.63) is 91.9 Å². The van der Waals surface area contributed by atoms with Crippen LogP contribution in [-0.4, -0.2) is 16.1 Å². The Morgan fingerprint density at radius 3 is 2.18 bits per heavy atom. The molecule has 0 saturated heterocycles. The van der Waals surface area contributed by atoms with Gasteiger partial charge >= 0.3 is 0 Å². The molecular weight excluding hydrogens is 538 g/mol. The van der Waals surface area contributed by atoms with Gasteiger partial charge in [-0.2, -0.15) is 0 Å². The van der Waals surface area contributed by atoms with Crippen LogP contribution in [0, 0.1) is 19.8 Å². The summed E-state index contributed by atoms with van der Waals surface area (Å²) in [4.78, 5) is 25.9. The summed E-state index contributed by atoms with van der Waals surface area (Å²) in [6, 6.07) is 15.3. The SMILES string of the molecule is Cc1ccc(NC(=O)c2cc(NC(=O)C3C(c4cc(Cl)cc(Cl)c4)C3(Cl)Cl)ccc2Cl)c(C)c1. The van der Waals surface area contributed by atoms with E-state index in [2.05, 4.69) is 10.6 Å². The first-order chi connectivity index (χ1) is 16.0. The zero-order valence-corrected chi connectivity index (χ0v) is 21.8. The first-order valence-electron chi connectivity index (χ1n) is 10.3. The van der Waals surface area contributed by atoms with Gasteiger partial charge < -0.3 is 10.6 Å². The highest BCUT2D eigenvalue weighted by Gasteiger charge is 2.67. The first-order valence-corrected chi connectivity index (χ1v) is 12.2. The molecule has 1 saturated carbocycles. The van der Waals surface area contributed by atoms with E-state index < -0.39 is 28.0 Å². The van der Waals surface area contributed by atoms with Crippen LogP contribution in [0.15, 0.2) is 54.6 Å². The summed E-state index contributed by atoms with van der Waals surface area (Å²) in [5.74, 6) is -2.00. The van der Waals surface area contributed by atoms with Crippen molar-refractivity contribution in [1.82, 2.24) is 0 Å². The van der Waals surface area contributed by atoms with Crippen molar-refractivity contribution in [1.29, 1.82) is 0 Å². The fourth-order valence-corrected chi connectivity index (χ4v) is 5.54. The summed E-state index contributed by atoms with van der Waals surface area (Å²) in [5, 5.41) is 6.74. The van der Waals surface area contributed by atoms with E-state index >= 15 is 0 Å². The quantitative estimate of drug-likeness (QED) is 0.313. The van der Waals surface area contributed by atoms with Crippen LogP contribution < -0.4 is 10.6 Å². The molecule has 0 aliphatic heterocycles. The number of nitrogens with one attached hydrogen (secondary N) is 2. The van der Waals surface area contributed by atoms with Crippen LogP contribution in [0.2, 0.25) is 15.1 Å². The molecule has 1 fully saturated rings. The number of aryl methyl sites for hydroxylation is 2. The van der Waals surface area contributed by atoms with E-state index in [4.69, 9.17) is 58.0 Å². The number of hydrogen-bond acceptors (Lipinski definition) is 2. The summed E-state index contributed by atoms with van der Waals surface area (Å²) in [5.41, 5.74) is 3.97. The summed E-state index contributed by atoms with van der Waals surface area (Å²) in [7, 11) is 0. The number of amides is 2. The lowest BCUT2D eigenvalue weighted by Crippen LogP contribution is -2.18. The van der Waals surface area contributed by atoms with Crippen molar-refractivity contribution < 1.29 is 9.59 Å². The molecule has 2 atom stereocenters. The van der Waals surface area contributed by atoms with Crippen molar-refractivity contribution >= 4 is 81.2 Å². The van der Waals surface area contributed by atoms with Gasteiger partial charge in [0.25, 0.3) is 5.91 Å². The lowest BCUT2D eigenvalue weighted by Gasteiger charge is -2.12. The molecule has 1 aliphatic carbocycles. The van der Waals surface area contributed by atoms with Crippen molar-refractivity contribution in [3.8, 4) is 0 Å². The molecule has 4 nitrogen and oxygen atoms in total. The molecule has 0 bridgehead atoms. The summed E-state index contributed by atoms with van der Waals surface area (Å²) in [6.07, 6.45) is 0. The lowest BCUT2D eigenvalue weighted by atomic mass is 10.1. The fraction of sp³-hybridized carbons (Fsp3) is 0.200. The standard InChI is InChI=1S/C25H19Cl5N2O2/c1-12-3-6-20(13(2)7-12)32-23(33)18-11-17(4-5-19(18)28)31-24(34)22-21(25(22,29)30)14-8-15(26)10-16(27)9-14/h3-11,21-22H,1-2H3,(H,31,34)(H,32,33). The third-order valence-corrected chi connectivity index (χ3v) is 7.40. The molecule has 3 aromatic rings. The number of alkyl halides is 2. The third-order valence-electron chi connectivity index (χ3n) is 5.69. The van der Waals surface area contributed by atoms with Crippen LogP contribution in [0.5, 0.6) is 0 Å². The Kier molecular flexibility index (Phi) is 7.10. The topological polar surface area (TPSA) is 58.2 Å². The lowest BCUT2D eigenvalue weighted by molar-refractivity contribution is -0.117. The minimum atomic E-state index is -1.31. The van der Waals surface area contributed by atoms with Crippen molar-refractivity contribution in [2.75, 3.05) is 10.6 Å². The summed E-state index contributed by atoms with van der Waals surface area (Å²) < 4.78 is -1.31. The molecule has 2 unspecified atom stereocenters. The molecule has 2 amide bonds. The molecule has 0 aromatic heterocycles. The van der Waals surface area contributed by atoms with Crippen molar-refractivity contribution in [2.24, 2.45) is 5.92 Å². The van der Waals surface area contributed by atoms with Crippen LogP contribution in [-0.2, 0) is 4.79 Å². The van der Waals surface area contributed by atoms with E-state index in [0.29, 0.717) is 27.0 Å². The fourth-order valence-electron chi connectivity index (χ4n) is 3.96. The van der Waals surface area contributed by atoms with Gasteiger partial charge in [-0.15, -0.1) is 23.2 Å². The van der Waals surface area contributed by atoms with Crippen LogP contribution in [0.1, 0.15) is 33.0 Å². The molecule has 1 aliphatic rings. The molecule has 0 spiro atoms. The average Bonchev–Trinajstić information content (AvgIpc) is 3.33. The number of carbonyl (C=O) groups excluding carboxylic acids is 2. The predicted octanol–water partition coefficient (Wildman–Crippen LogP) is 8.04. The smallest absolute Gasteiger partial charge is 0.257 e. The van der Waals surface area contributed by atoms with Gasteiger partial charge in [-0.3, -0.25) is 9.59 Å². The van der Waals surface area contributed by atoms with Crippen molar-refractivity contribution in [3.63, 3.8) is 0 Å². The Balaban J connectivity index is 1.52. The minimum Gasteiger partial charge on any atom is -0.326 e. The number of rotatable bonds is 5. The molecule has 2 N–H and O–H groups in total. The highest BCUT2D eigenvalue weighted by Crippen LogP contribution is 2.65. The monoisotopic (exact) mass is 554 g/mol. The summed E-state index contributed by atoms with van der Waals surface area (Å²) in [6.45, 7) is 3.88.